The minimum Gasteiger partial charge on any atom is -0.341 e. The highest BCUT2D eigenvalue weighted by atomic mass is 16.1. The maximum Gasteiger partial charge on any atom is 0.293 e. The Labute approximate surface area is 166 Å². The second kappa shape index (κ2) is 6.96. The average Bonchev–Trinajstić information content (AvgIpc) is 3.32. The summed E-state index contributed by atoms with van der Waals surface area (Å²) in [6.45, 7) is 4.54. The summed E-state index contributed by atoms with van der Waals surface area (Å²) < 4.78 is 5.25. The van der Waals surface area contributed by atoms with Crippen molar-refractivity contribution < 1.29 is 0 Å². The van der Waals surface area contributed by atoms with Gasteiger partial charge in [-0.25, -0.2) is 9.67 Å². The molecule has 0 radical (unpaired) electrons. The van der Waals surface area contributed by atoms with Gasteiger partial charge in [-0.05, 0) is 31.9 Å². The second-order valence-electron chi connectivity index (χ2n) is 7.39. The minimum atomic E-state index is -0.183. The summed E-state index contributed by atoms with van der Waals surface area (Å²) >= 11 is 0. The Hall–Kier alpha value is -3.27. The molecule has 150 valence electrons. The molecule has 0 saturated carbocycles. The van der Waals surface area contributed by atoms with E-state index >= 15 is 0 Å². The fourth-order valence-corrected chi connectivity index (χ4v) is 4.05. The van der Waals surface area contributed by atoms with Crippen molar-refractivity contribution in [3.63, 3.8) is 0 Å². The Morgan fingerprint density at radius 3 is 3.00 bits per heavy atom. The van der Waals surface area contributed by atoms with Crippen molar-refractivity contribution in [1.29, 1.82) is 0 Å². The van der Waals surface area contributed by atoms with Crippen molar-refractivity contribution >= 4 is 22.6 Å². The highest BCUT2D eigenvalue weighted by Crippen LogP contribution is 2.23. The van der Waals surface area contributed by atoms with Crippen LogP contribution in [-0.4, -0.2) is 53.1 Å². The van der Waals surface area contributed by atoms with Gasteiger partial charge in [0.05, 0.1) is 6.20 Å². The number of nitrogens with two attached hydrogens (primary N) is 1. The molecule has 4 aromatic heterocycles. The van der Waals surface area contributed by atoms with Crippen molar-refractivity contribution in [3.05, 3.63) is 46.8 Å². The van der Waals surface area contributed by atoms with Crippen LogP contribution in [-0.2, 0) is 13.1 Å². The van der Waals surface area contributed by atoms with Gasteiger partial charge in [0, 0.05) is 31.9 Å². The highest BCUT2D eigenvalue weighted by Gasteiger charge is 2.24. The molecule has 2 N–H and O–H groups in total. The molecule has 0 bridgehead atoms. The number of aromatic nitrogens is 7. The Bertz CT molecular complexity index is 1240. The molecule has 1 aliphatic rings. The predicted octanol–water partition coefficient (Wildman–Crippen LogP) is 0.631. The van der Waals surface area contributed by atoms with Crippen molar-refractivity contribution in [2.75, 3.05) is 18.0 Å². The molecule has 5 heterocycles. The van der Waals surface area contributed by atoms with E-state index < -0.39 is 0 Å². The zero-order chi connectivity index (χ0) is 20.0. The van der Waals surface area contributed by atoms with Gasteiger partial charge in [-0.1, -0.05) is 6.07 Å². The first-order chi connectivity index (χ1) is 14.2. The van der Waals surface area contributed by atoms with Crippen LogP contribution in [0, 0.1) is 0 Å². The van der Waals surface area contributed by atoms with E-state index in [2.05, 4.69) is 20.2 Å². The topological polar surface area (TPSA) is 112 Å². The van der Waals surface area contributed by atoms with Crippen molar-refractivity contribution in [2.24, 2.45) is 5.73 Å². The number of fused-ring (bicyclic) bond motifs is 2. The quantitative estimate of drug-likeness (QED) is 0.541. The van der Waals surface area contributed by atoms with Crippen molar-refractivity contribution in [2.45, 2.75) is 38.9 Å². The minimum absolute atomic E-state index is 0.130. The molecule has 29 heavy (non-hydrogen) atoms. The smallest absolute Gasteiger partial charge is 0.293 e. The number of pyridine rings is 1. The molecular weight excluding hydrogens is 370 g/mol. The van der Waals surface area contributed by atoms with E-state index in [1.807, 2.05) is 40.3 Å². The van der Waals surface area contributed by atoms with E-state index in [4.69, 9.17) is 10.7 Å². The third kappa shape index (κ3) is 2.96. The lowest BCUT2D eigenvalue weighted by atomic mass is 10.1. The zero-order valence-electron chi connectivity index (χ0n) is 16.3. The van der Waals surface area contributed by atoms with E-state index in [0.717, 1.165) is 37.5 Å². The summed E-state index contributed by atoms with van der Waals surface area (Å²) in [6, 6.07) is 5.81. The molecule has 1 saturated heterocycles. The Balaban J connectivity index is 1.58. The zero-order valence-corrected chi connectivity index (χ0v) is 16.3. The van der Waals surface area contributed by atoms with Crippen LogP contribution >= 0.6 is 0 Å². The van der Waals surface area contributed by atoms with E-state index in [1.54, 1.807) is 6.20 Å². The van der Waals surface area contributed by atoms with Crippen LogP contribution in [0.15, 0.2) is 35.4 Å². The molecular formula is C19H23N9O. The predicted molar refractivity (Wildman–Crippen MR) is 109 cm³/mol. The van der Waals surface area contributed by atoms with Crippen molar-refractivity contribution in [3.8, 4) is 0 Å². The van der Waals surface area contributed by atoms with Crippen LogP contribution in [0.5, 0.6) is 0 Å². The number of rotatable bonds is 4. The lowest BCUT2D eigenvalue weighted by molar-refractivity contribution is 0.494. The number of hydrogen-bond acceptors (Lipinski definition) is 7. The first-order valence-corrected chi connectivity index (χ1v) is 9.91. The number of hydrogen-bond donors (Lipinski definition) is 1. The molecule has 0 spiro atoms. The Morgan fingerprint density at radius 2 is 2.17 bits per heavy atom. The number of aryl methyl sites for hydroxylation is 1. The van der Waals surface area contributed by atoms with Crippen LogP contribution < -0.4 is 16.2 Å². The monoisotopic (exact) mass is 393 g/mol. The molecule has 5 rings (SSSR count). The lowest BCUT2D eigenvalue weighted by Crippen LogP contribution is -2.44. The average molecular weight is 393 g/mol. The van der Waals surface area contributed by atoms with E-state index in [-0.39, 0.29) is 18.1 Å². The maximum atomic E-state index is 13.3. The lowest BCUT2D eigenvalue weighted by Gasteiger charge is -2.31. The summed E-state index contributed by atoms with van der Waals surface area (Å²) in [5.41, 5.74) is 7.87. The molecule has 1 fully saturated rings. The van der Waals surface area contributed by atoms with Gasteiger partial charge in [0.15, 0.2) is 11.5 Å². The molecule has 1 atom stereocenters. The van der Waals surface area contributed by atoms with Gasteiger partial charge in [-0.3, -0.25) is 9.20 Å². The van der Waals surface area contributed by atoms with E-state index in [0.29, 0.717) is 23.4 Å². The summed E-state index contributed by atoms with van der Waals surface area (Å²) in [6.07, 6.45) is 5.57. The maximum absolute atomic E-state index is 13.3. The van der Waals surface area contributed by atoms with E-state index in [1.165, 1.54) is 4.68 Å². The first kappa shape index (κ1) is 17.8. The SMILES string of the molecule is CCn1c(N2CCCC(N)C2)nc2cnn(Cc3nnc4ccccn34)c(=O)c21. The fourth-order valence-electron chi connectivity index (χ4n) is 4.05. The number of nitrogens with zero attached hydrogens (tertiary/aromatic N) is 8. The molecule has 0 amide bonds. The van der Waals surface area contributed by atoms with Gasteiger partial charge in [0.1, 0.15) is 17.6 Å². The van der Waals surface area contributed by atoms with Gasteiger partial charge in [-0.2, -0.15) is 5.10 Å². The molecule has 4 aromatic rings. The second-order valence-corrected chi connectivity index (χ2v) is 7.39. The molecule has 0 aromatic carbocycles. The molecule has 1 unspecified atom stereocenters. The fraction of sp³-hybridized carbons (Fsp3) is 0.421. The van der Waals surface area contributed by atoms with Crippen LogP contribution in [0.4, 0.5) is 5.95 Å². The van der Waals surface area contributed by atoms with Crippen molar-refractivity contribution in [1.82, 2.24) is 33.9 Å². The van der Waals surface area contributed by atoms with Gasteiger partial charge in [-0.15, -0.1) is 10.2 Å². The molecule has 10 heteroatoms. The van der Waals surface area contributed by atoms with E-state index in [9.17, 15) is 4.79 Å². The Morgan fingerprint density at radius 1 is 1.28 bits per heavy atom. The number of piperidine rings is 1. The van der Waals surface area contributed by atoms with Gasteiger partial charge >= 0.3 is 0 Å². The van der Waals surface area contributed by atoms with Crippen LogP contribution in [0.1, 0.15) is 25.6 Å². The molecule has 10 nitrogen and oxygen atoms in total. The van der Waals surface area contributed by atoms with Crippen LogP contribution in [0.3, 0.4) is 0 Å². The number of imidazole rings is 1. The summed E-state index contributed by atoms with van der Waals surface area (Å²) in [5.74, 6) is 1.45. The summed E-state index contributed by atoms with van der Waals surface area (Å²) in [5, 5.41) is 12.7. The van der Waals surface area contributed by atoms with Crippen LogP contribution in [0.25, 0.3) is 16.7 Å². The first-order valence-electron chi connectivity index (χ1n) is 9.91. The molecule has 1 aliphatic heterocycles. The van der Waals surface area contributed by atoms with Crippen LogP contribution in [0.2, 0.25) is 0 Å². The normalized spacial score (nSPS) is 17.4. The highest BCUT2D eigenvalue weighted by molar-refractivity contribution is 5.77. The number of anilines is 1. The largest absolute Gasteiger partial charge is 0.341 e. The summed E-state index contributed by atoms with van der Waals surface area (Å²) in [4.78, 5) is 20.2. The van der Waals surface area contributed by atoms with Gasteiger partial charge < -0.3 is 15.2 Å². The summed E-state index contributed by atoms with van der Waals surface area (Å²) in [7, 11) is 0. The standard InChI is InChI=1S/C19H23N9O/c1-2-26-17-14(22-19(26)25-8-5-6-13(20)11-25)10-21-28(18(17)29)12-16-24-23-15-7-3-4-9-27(15)16/h3-4,7,9-10,13H,2,5-6,8,11-12,20H2,1H3. The Kier molecular flexibility index (Phi) is 4.27. The third-order valence-corrected chi connectivity index (χ3v) is 5.46. The third-order valence-electron chi connectivity index (χ3n) is 5.46. The van der Waals surface area contributed by atoms with Gasteiger partial charge in [0.2, 0.25) is 5.95 Å². The van der Waals surface area contributed by atoms with Gasteiger partial charge in [0.25, 0.3) is 5.56 Å². The molecule has 0 aliphatic carbocycles.